The van der Waals surface area contributed by atoms with Crippen molar-refractivity contribution in [2.75, 3.05) is 9.80 Å². The first-order valence-electron chi connectivity index (χ1n) is 7.21. The summed E-state index contributed by atoms with van der Waals surface area (Å²) < 4.78 is 0. The Bertz CT molecular complexity index is 967. The van der Waals surface area contributed by atoms with E-state index in [4.69, 9.17) is 0 Å². The molecular weight excluding hydrogens is 308 g/mol. The Balaban J connectivity index is 1.89. The Labute approximate surface area is 136 Å². The molecule has 2 aliphatic rings. The zero-order chi connectivity index (χ0) is 16.8. The average Bonchev–Trinajstić information content (AvgIpc) is 3.08. The van der Waals surface area contributed by atoms with Crippen LogP contribution in [0.15, 0.2) is 60.7 Å². The zero-order valence-corrected chi connectivity index (χ0v) is 12.3. The summed E-state index contributed by atoms with van der Waals surface area (Å²) in [5.74, 6) is -1.69. The predicted octanol–water partition coefficient (Wildman–Crippen LogP) is 1.70. The molecule has 0 atom stereocenters. The van der Waals surface area contributed by atoms with E-state index in [1.165, 1.54) is 24.3 Å². The van der Waals surface area contributed by atoms with Crippen LogP contribution in [-0.4, -0.2) is 23.6 Å². The van der Waals surface area contributed by atoms with Crippen molar-refractivity contribution in [2.45, 2.75) is 0 Å². The van der Waals surface area contributed by atoms with Gasteiger partial charge in [-0.2, -0.15) is 0 Å². The van der Waals surface area contributed by atoms with E-state index in [0.717, 1.165) is 15.2 Å². The molecule has 4 amide bonds. The van der Waals surface area contributed by atoms with Crippen molar-refractivity contribution in [3.05, 3.63) is 60.7 Å². The van der Waals surface area contributed by atoms with E-state index in [-0.39, 0.29) is 0 Å². The molecule has 24 heavy (non-hydrogen) atoms. The van der Waals surface area contributed by atoms with Gasteiger partial charge in [0.05, 0.1) is 11.4 Å². The Kier molecular flexibility index (Phi) is 2.93. The minimum atomic E-state index is -0.424. The van der Waals surface area contributed by atoms with E-state index >= 15 is 0 Å². The normalized spacial score (nSPS) is 17.0. The highest BCUT2D eigenvalue weighted by atomic mass is 16.2. The van der Waals surface area contributed by atoms with Crippen LogP contribution in [0.4, 0.5) is 11.4 Å². The summed E-state index contributed by atoms with van der Waals surface area (Å²) in [4.78, 5) is 49.8. The van der Waals surface area contributed by atoms with Crippen LogP contribution in [0, 0.1) is 0 Å². The highest BCUT2D eigenvalue weighted by molar-refractivity contribution is 6.31. The molecule has 116 valence electrons. The van der Waals surface area contributed by atoms with Crippen LogP contribution in [0.3, 0.4) is 0 Å². The van der Waals surface area contributed by atoms with Crippen LogP contribution in [0.2, 0.25) is 0 Å². The van der Waals surface area contributed by atoms with E-state index in [1.807, 2.05) is 6.07 Å². The molecule has 2 aromatic rings. The Hall–Kier alpha value is -3.54. The van der Waals surface area contributed by atoms with Gasteiger partial charge in [0.25, 0.3) is 23.6 Å². The third-order valence-electron chi connectivity index (χ3n) is 3.96. The van der Waals surface area contributed by atoms with E-state index in [0.29, 0.717) is 16.8 Å². The molecule has 0 bridgehead atoms. The van der Waals surface area contributed by atoms with E-state index in [1.54, 1.807) is 30.3 Å². The molecule has 4 rings (SSSR count). The number of carbonyl (C=O) groups excluding carboxylic acids is 4. The molecule has 2 heterocycles. The molecule has 2 aliphatic heterocycles. The Morgan fingerprint density at radius 2 is 1.21 bits per heavy atom. The standard InChI is InChI=1S/C18H10N2O4/c21-15-6-7-16(22)19(15)12-5-4-11-2-1-3-14(13(11)10-12)20-17(23)8-9-18(20)24/h1-10H. The number of nitrogens with zero attached hydrogens (tertiary/aromatic N) is 2. The van der Waals surface area contributed by atoms with Crippen molar-refractivity contribution in [3.8, 4) is 0 Å². The number of hydrogen-bond acceptors (Lipinski definition) is 4. The molecule has 0 N–H and O–H groups in total. The lowest BCUT2D eigenvalue weighted by molar-refractivity contribution is -0.121. The molecule has 2 aromatic carbocycles. The number of benzene rings is 2. The number of hydrogen-bond donors (Lipinski definition) is 0. The number of amides is 4. The van der Waals surface area contributed by atoms with Crippen molar-refractivity contribution < 1.29 is 19.2 Å². The predicted molar refractivity (Wildman–Crippen MR) is 87.2 cm³/mol. The van der Waals surface area contributed by atoms with Crippen LogP contribution in [0.1, 0.15) is 0 Å². The Morgan fingerprint density at radius 1 is 0.625 bits per heavy atom. The summed E-state index contributed by atoms with van der Waals surface area (Å²) in [5.41, 5.74) is 0.809. The number of anilines is 2. The first kappa shape index (κ1) is 14.1. The van der Waals surface area contributed by atoms with Gasteiger partial charge in [0.2, 0.25) is 0 Å². The van der Waals surface area contributed by atoms with Crippen LogP contribution in [-0.2, 0) is 19.2 Å². The quantitative estimate of drug-likeness (QED) is 0.790. The van der Waals surface area contributed by atoms with Gasteiger partial charge in [0.15, 0.2) is 0 Å². The fraction of sp³-hybridized carbons (Fsp3) is 0. The van der Waals surface area contributed by atoms with Gasteiger partial charge in [-0.25, -0.2) is 9.80 Å². The van der Waals surface area contributed by atoms with Gasteiger partial charge in [-0.3, -0.25) is 19.2 Å². The molecule has 0 spiro atoms. The van der Waals surface area contributed by atoms with Crippen molar-refractivity contribution in [3.63, 3.8) is 0 Å². The largest absolute Gasteiger partial charge is 0.269 e. The van der Waals surface area contributed by atoms with Gasteiger partial charge < -0.3 is 0 Å². The fourth-order valence-corrected chi connectivity index (χ4v) is 2.87. The highest BCUT2D eigenvalue weighted by Crippen LogP contribution is 2.32. The van der Waals surface area contributed by atoms with Gasteiger partial charge in [0, 0.05) is 29.7 Å². The second-order valence-corrected chi connectivity index (χ2v) is 5.37. The fourth-order valence-electron chi connectivity index (χ4n) is 2.87. The molecule has 0 aromatic heterocycles. The van der Waals surface area contributed by atoms with Gasteiger partial charge in [-0.05, 0) is 23.6 Å². The van der Waals surface area contributed by atoms with Gasteiger partial charge in [-0.1, -0.05) is 18.2 Å². The maximum absolute atomic E-state index is 12.0. The summed E-state index contributed by atoms with van der Waals surface area (Å²) in [6, 6.07) is 10.2. The van der Waals surface area contributed by atoms with E-state index in [9.17, 15) is 19.2 Å². The maximum atomic E-state index is 12.0. The summed E-state index contributed by atoms with van der Waals surface area (Å²) in [6.07, 6.45) is 4.83. The second-order valence-electron chi connectivity index (χ2n) is 5.37. The van der Waals surface area contributed by atoms with Crippen LogP contribution >= 0.6 is 0 Å². The maximum Gasteiger partial charge on any atom is 0.258 e. The van der Waals surface area contributed by atoms with Gasteiger partial charge >= 0.3 is 0 Å². The third-order valence-corrected chi connectivity index (χ3v) is 3.96. The summed E-state index contributed by atoms with van der Waals surface area (Å²) in [6.45, 7) is 0. The lowest BCUT2D eigenvalue weighted by Gasteiger charge is -2.19. The van der Waals surface area contributed by atoms with E-state index in [2.05, 4.69) is 0 Å². The molecule has 0 fully saturated rings. The smallest absolute Gasteiger partial charge is 0.258 e. The molecule has 6 heteroatoms. The average molecular weight is 318 g/mol. The minimum absolute atomic E-state index is 0.391. The monoisotopic (exact) mass is 318 g/mol. The van der Waals surface area contributed by atoms with Crippen LogP contribution in [0.5, 0.6) is 0 Å². The molecule has 0 aliphatic carbocycles. The van der Waals surface area contributed by atoms with Crippen LogP contribution < -0.4 is 9.80 Å². The highest BCUT2D eigenvalue weighted by Gasteiger charge is 2.28. The SMILES string of the molecule is O=C1C=CC(=O)N1c1ccc2cccc(N3C(=O)C=CC3=O)c2c1. The molecule has 0 saturated heterocycles. The number of carbonyl (C=O) groups is 4. The summed E-state index contributed by atoms with van der Waals surface area (Å²) >= 11 is 0. The number of rotatable bonds is 2. The molecule has 0 radical (unpaired) electrons. The number of imide groups is 2. The summed E-state index contributed by atoms with van der Waals surface area (Å²) in [5, 5.41) is 1.39. The van der Waals surface area contributed by atoms with Gasteiger partial charge in [-0.15, -0.1) is 0 Å². The molecule has 6 nitrogen and oxygen atoms in total. The van der Waals surface area contributed by atoms with E-state index < -0.39 is 23.6 Å². The summed E-state index contributed by atoms with van der Waals surface area (Å²) in [7, 11) is 0. The zero-order valence-electron chi connectivity index (χ0n) is 12.3. The topological polar surface area (TPSA) is 74.8 Å². The van der Waals surface area contributed by atoms with Crippen molar-refractivity contribution in [1.29, 1.82) is 0 Å². The van der Waals surface area contributed by atoms with Crippen molar-refractivity contribution in [2.24, 2.45) is 0 Å². The second kappa shape index (κ2) is 4.99. The number of fused-ring (bicyclic) bond motifs is 1. The third kappa shape index (κ3) is 1.97. The minimum Gasteiger partial charge on any atom is -0.269 e. The molecule has 0 unspecified atom stereocenters. The lowest BCUT2D eigenvalue weighted by atomic mass is 10.1. The molecule has 0 saturated carbocycles. The molecular formula is C18H10N2O4. The first-order valence-corrected chi connectivity index (χ1v) is 7.21. The van der Waals surface area contributed by atoms with Crippen molar-refractivity contribution in [1.82, 2.24) is 0 Å². The first-order chi connectivity index (χ1) is 11.6. The lowest BCUT2D eigenvalue weighted by Crippen LogP contribution is -2.30. The Morgan fingerprint density at radius 3 is 1.83 bits per heavy atom. The van der Waals surface area contributed by atoms with Gasteiger partial charge in [0.1, 0.15) is 0 Å². The van der Waals surface area contributed by atoms with Crippen molar-refractivity contribution >= 4 is 45.8 Å². The van der Waals surface area contributed by atoms with Crippen LogP contribution in [0.25, 0.3) is 10.8 Å².